The van der Waals surface area contributed by atoms with Crippen LogP contribution >= 0.6 is 0 Å². The monoisotopic (exact) mass is 372 g/mol. The van der Waals surface area contributed by atoms with Crippen molar-refractivity contribution in [3.8, 4) is 6.07 Å². The van der Waals surface area contributed by atoms with Crippen LogP contribution in [0.2, 0.25) is 0 Å². The second-order valence-electron chi connectivity index (χ2n) is 5.79. The Bertz CT molecular complexity index is 1040. The molecule has 0 spiro atoms. The Balaban J connectivity index is 1.67. The number of rotatable bonds is 5. The first-order valence-corrected chi connectivity index (χ1v) is 8.33. The topological polar surface area (TPSA) is 120 Å². The lowest BCUT2D eigenvalue weighted by Gasteiger charge is -2.08. The molecular formula is C20H16N6O2. The van der Waals surface area contributed by atoms with Gasteiger partial charge in [-0.15, -0.1) is 0 Å². The Morgan fingerprint density at radius 1 is 0.893 bits per heavy atom. The third-order valence-electron chi connectivity index (χ3n) is 3.62. The first-order chi connectivity index (χ1) is 13.5. The van der Waals surface area contributed by atoms with Gasteiger partial charge < -0.3 is 16.0 Å². The Kier molecular flexibility index (Phi) is 5.58. The molecule has 0 atom stereocenters. The van der Waals surface area contributed by atoms with E-state index in [9.17, 15) is 9.59 Å². The van der Waals surface area contributed by atoms with Gasteiger partial charge >= 0.3 is 0 Å². The van der Waals surface area contributed by atoms with Gasteiger partial charge in [0.15, 0.2) is 0 Å². The number of benzene rings is 2. The fourth-order valence-corrected chi connectivity index (χ4v) is 2.34. The van der Waals surface area contributed by atoms with Crippen LogP contribution in [0.4, 0.5) is 23.0 Å². The molecule has 8 heteroatoms. The van der Waals surface area contributed by atoms with Crippen LogP contribution in [-0.2, 0) is 4.79 Å². The van der Waals surface area contributed by atoms with Crippen LogP contribution in [0, 0.1) is 11.3 Å². The van der Waals surface area contributed by atoms with E-state index in [4.69, 9.17) is 5.26 Å². The van der Waals surface area contributed by atoms with E-state index in [1.807, 2.05) is 6.07 Å². The number of nitrogens with one attached hydrogen (secondary N) is 3. The number of hydrogen-bond acceptors (Lipinski definition) is 6. The molecule has 0 radical (unpaired) electrons. The van der Waals surface area contributed by atoms with Crippen molar-refractivity contribution in [2.75, 3.05) is 16.0 Å². The summed E-state index contributed by atoms with van der Waals surface area (Å²) in [6, 6.07) is 17.1. The quantitative estimate of drug-likeness (QED) is 0.632. The van der Waals surface area contributed by atoms with Gasteiger partial charge in [0.05, 0.1) is 11.6 Å². The summed E-state index contributed by atoms with van der Waals surface area (Å²) in [6.45, 7) is 1.42. The van der Waals surface area contributed by atoms with E-state index in [2.05, 4.69) is 25.9 Å². The molecule has 2 amide bonds. The van der Waals surface area contributed by atoms with Crippen LogP contribution in [0.25, 0.3) is 0 Å². The predicted molar refractivity (Wildman–Crippen MR) is 105 cm³/mol. The molecule has 0 saturated carbocycles. The largest absolute Gasteiger partial charge is 0.326 e. The summed E-state index contributed by atoms with van der Waals surface area (Å²) in [7, 11) is 0. The van der Waals surface area contributed by atoms with Gasteiger partial charge in [-0.2, -0.15) is 5.26 Å². The molecule has 0 aliphatic rings. The Labute approximate surface area is 161 Å². The first-order valence-electron chi connectivity index (χ1n) is 8.33. The molecule has 3 rings (SSSR count). The zero-order chi connectivity index (χ0) is 19.9. The average Bonchev–Trinajstić information content (AvgIpc) is 2.70. The summed E-state index contributed by atoms with van der Waals surface area (Å²) in [4.78, 5) is 31.8. The number of nitrogens with zero attached hydrogens (tertiary/aromatic N) is 3. The number of aromatic nitrogens is 2. The van der Waals surface area contributed by atoms with Crippen LogP contribution < -0.4 is 16.0 Å². The minimum atomic E-state index is -0.391. The van der Waals surface area contributed by atoms with Gasteiger partial charge in [0.25, 0.3) is 5.91 Å². The maximum atomic E-state index is 12.4. The van der Waals surface area contributed by atoms with E-state index < -0.39 is 5.91 Å². The minimum Gasteiger partial charge on any atom is -0.326 e. The zero-order valence-corrected chi connectivity index (χ0v) is 14.9. The van der Waals surface area contributed by atoms with Crippen molar-refractivity contribution in [1.29, 1.82) is 5.26 Å². The highest BCUT2D eigenvalue weighted by Crippen LogP contribution is 2.16. The maximum absolute atomic E-state index is 12.4. The molecule has 28 heavy (non-hydrogen) atoms. The molecule has 3 N–H and O–H groups in total. The molecule has 8 nitrogen and oxygen atoms in total. The van der Waals surface area contributed by atoms with Gasteiger partial charge in [0, 0.05) is 30.2 Å². The molecular weight excluding hydrogens is 356 g/mol. The molecule has 0 aliphatic heterocycles. The average molecular weight is 372 g/mol. The highest BCUT2D eigenvalue weighted by molar-refractivity contribution is 6.03. The van der Waals surface area contributed by atoms with E-state index in [1.54, 1.807) is 48.5 Å². The van der Waals surface area contributed by atoms with E-state index in [-0.39, 0.29) is 17.5 Å². The fourth-order valence-electron chi connectivity index (χ4n) is 2.34. The third-order valence-corrected chi connectivity index (χ3v) is 3.62. The third kappa shape index (κ3) is 4.89. The van der Waals surface area contributed by atoms with Gasteiger partial charge in [-0.3, -0.25) is 9.59 Å². The molecule has 1 heterocycles. The summed E-state index contributed by atoms with van der Waals surface area (Å²) >= 11 is 0. The number of anilines is 4. The van der Waals surface area contributed by atoms with E-state index in [0.29, 0.717) is 22.6 Å². The maximum Gasteiger partial charge on any atom is 0.274 e. The second-order valence-corrected chi connectivity index (χ2v) is 5.79. The molecule has 0 fully saturated rings. The lowest BCUT2D eigenvalue weighted by atomic mass is 10.2. The summed E-state index contributed by atoms with van der Waals surface area (Å²) in [5.74, 6) is -0.295. The summed E-state index contributed by atoms with van der Waals surface area (Å²) < 4.78 is 0. The molecule has 0 bridgehead atoms. The second kappa shape index (κ2) is 8.42. The smallest absolute Gasteiger partial charge is 0.274 e. The SMILES string of the molecule is CC(=O)Nc1ccc(NC(=O)c2ccnc(Nc3ccc(C#N)cc3)n2)cc1. The standard InChI is InChI=1S/C20H16N6O2/c1-13(27)23-15-6-8-16(9-7-15)24-19(28)18-10-11-22-20(26-18)25-17-4-2-14(12-21)3-5-17/h2-11H,1H3,(H,23,27)(H,24,28)(H,22,25,26). The van der Waals surface area contributed by atoms with Crippen LogP contribution in [0.15, 0.2) is 60.8 Å². The molecule has 1 aromatic heterocycles. The van der Waals surface area contributed by atoms with Gasteiger partial charge in [-0.1, -0.05) is 0 Å². The van der Waals surface area contributed by atoms with Crippen molar-refractivity contribution in [3.63, 3.8) is 0 Å². The summed E-state index contributed by atoms with van der Waals surface area (Å²) in [5.41, 5.74) is 2.65. The van der Waals surface area contributed by atoms with Gasteiger partial charge in [-0.05, 0) is 54.6 Å². The lowest BCUT2D eigenvalue weighted by Crippen LogP contribution is -2.15. The van der Waals surface area contributed by atoms with Crippen molar-refractivity contribution in [2.24, 2.45) is 0 Å². The molecule has 0 aliphatic carbocycles. The van der Waals surface area contributed by atoms with Gasteiger partial charge in [0.1, 0.15) is 5.69 Å². The van der Waals surface area contributed by atoms with Crippen molar-refractivity contribution >= 4 is 34.8 Å². The zero-order valence-electron chi connectivity index (χ0n) is 14.9. The fraction of sp³-hybridized carbons (Fsp3) is 0.0500. The first kappa shape index (κ1) is 18.5. The van der Waals surface area contributed by atoms with E-state index in [0.717, 1.165) is 0 Å². The molecule has 3 aromatic rings. The van der Waals surface area contributed by atoms with Crippen molar-refractivity contribution in [1.82, 2.24) is 9.97 Å². The van der Waals surface area contributed by atoms with Crippen molar-refractivity contribution < 1.29 is 9.59 Å². The van der Waals surface area contributed by atoms with Gasteiger partial charge in [0.2, 0.25) is 11.9 Å². The number of carbonyl (C=O) groups excluding carboxylic acids is 2. The predicted octanol–water partition coefficient (Wildman–Crippen LogP) is 3.30. The lowest BCUT2D eigenvalue weighted by molar-refractivity contribution is -0.114. The van der Waals surface area contributed by atoms with Gasteiger partial charge in [-0.25, -0.2) is 9.97 Å². The Morgan fingerprint density at radius 2 is 1.50 bits per heavy atom. The Morgan fingerprint density at radius 3 is 2.11 bits per heavy atom. The van der Waals surface area contributed by atoms with Crippen LogP contribution in [0.5, 0.6) is 0 Å². The van der Waals surface area contributed by atoms with E-state index >= 15 is 0 Å². The molecule has 0 saturated heterocycles. The number of hydrogen-bond donors (Lipinski definition) is 3. The minimum absolute atomic E-state index is 0.167. The summed E-state index contributed by atoms with van der Waals surface area (Å²) in [6.07, 6.45) is 1.48. The van der Waals surface area contributed by atoms with Crippen molar-refractivity contribution in [3.05, 3.63) is 72.1 Å². The van der Waals surface area contributed by atoms with E-state index in [1.165, 1.54) is 19.2 Å². The normalized spacial score (nSPS) is 9.86. The number of nitriles is 1. The molecule has 2 aromatic carbocycles. The highest BCUT2D eigenvalue weighted by Gasteiger charge is 2.10. The van der Waals surface area contributed by atoms with Crippen LogP contribution in [0.3, 0.4) is 0 Å². The Hall–Kier alpha value is -4.25. The van der Waals surface area contributed by atoms with Crippen LogP contribution in [-0.4, -0.2) is 21.8 Å². The number of amides is 2. The highest BCUT2D eigenvalue weighted by atomic mass is 16.2. The van der Waals surface area contributed by atoms with Crippen molar-refractivity contribution in [2.45, 2.75) is 6.92 Å². The number of carbonyl (C=O) groups is 2. The van der Waals surface area contributed by atoms with Crippen LogP contribution in [0.1, 0.15) is 23.0 Å². The summed E-state index contributed by atoms with van der Waals surface area (Å²) in [5, 5.41) is 17.2. The molecule has 0 unspecified atom stereocenters. The molecule has 138 valence electrons.